The van der Waals surface area contributed by atoms with Crippen LogP contribution in [-0.4, -0.2) is 45.1 Å². The summed E-state index contributed by atoms with van der Waals surface area (Å²) < 4.78 is 4.61. The maximum Gasteiger partial charge on any atom is 0.309 e. The molecule has 0 aliphatic rings. The zero-order valence-electron chi connectivity index (χ0n) is 11.5. The predicted octanol–water partition coefficient (Wildman–Crippen LogP) is 1.08. The Morgan fingerprint density at radius 3 is 2.47 bits per heavy atom. The van der Waals surface area contributed by atoms with Crippen LogP contribution in [0.25, 0.3) is 0 Å². The van der Waals surface area contributed by atoms with Crippen molar-refractivity contribution in [3.63, 3.8) is 0 Å². The molecular weight excluding hydrogens is 248 g/mol. The number of hydrogen-bond acceptors (Lipinski definition) is 5. The van der Waals surface area contributed by atoms with Gasteiger partial charge in [-0.05, 0) is 17.7 Å². The Morgan fingerprint density at radius 2 is 1.95 bits per heavy atom. The largest absolute Gasteiger partial charge is 0.469 e. The first-order chi connectivity index (χ1) is 8.99. The molecular formula is C13H18N2O4. The van der Waals surface area contributed by atoms with E-state index in [-0.39, 0.29) is 18.3 Å². The number of anilines is 1. The molecule has 0 bridgehead atoms. The minimum absolute atomic E-state index is 0.122. The van der Waals surface area contributed by atoms with Crippen LogP contribution >= 0.6 is 0 Å². The van der Waals surface area contributed by atoms with Crippen molar-refractivity contribution in [1.82, 2.24) is 4.90 Å². The molecule has 6 heteroatoms. The number of carbonyl (C=O) groups excluding carboxylic acids is 2. The van der Waals surface area contributed by atoms with Crippen molar-refractivity contribution in [3.05, 3.63) is 29.3 Å². The lowest BCUT2D eigenvalue weighted by Gasteiger charge is -2.15. The minimum Gasteiger partial charge on any atom is -0.469 e. The van der Waals surface area contributed by atoms with Crippen molar-refractivity contribution < 1.29 is 19.2 Å². The van der Waals surface area contributed by atoms with Gasteiger partial charge < -0.3 is 9.64 Å². The summed E-state index contributed by atoms with van der Waals surface area (Å²) in [5.41, 5.74) is 4.34. The van der Waals surface area contributed by atoms with Gasteiger partial charge in [0.15, 0.2) is 0 Å². The molecule has 0 atom stereocenters. The van der Waals surface area contributed by atoms with Crippen LogP contribution in [0.3, 0.4) is 0 Å². The van der Waals surface area contributed by atoms with Crippen LogP contribution in [0.1, 0.15) is 15.9 Å². The van der Waals surface area contributed by atoms with Crippen molar-refractivity contribution in [1.29, 1.82) is 0 Å². The van der Waals surface area contributed by atoms with Crippen molar-refractivity contribution in [2.24, 2.45) is 0 Å². The average Bonchev–Trinajstić information content (AvgIpc) is 2.39. The maximum absolute atomic E-state index is 12.1. The maximum atomic E-state index is 12.1. The Balaban J connectivity index is 3.10. The first-order valence-electron chi connectivity index (χ1n) is 5.70. The molecule has 0 aliphatic heterocycles. The van der Waals surface area contributed by atoms with Gasteiger partial charge in [0.2, 0.25) is 0 Å². The van der Waals surface area contributed by atoms with E-state index in [9.17, 15) is 9.59 Å². The highest BCUT2D eigenvalue weighted by Crippen LogP contribution is 2.19. The molecule has 104 valence electrons. The van der Waals surface area contributed by atoms with Crippen LogP contribution in [-0.2, 0) is 20.8 Å². The molecule has 0 aromatic heterocycles. The molecule has 0 radical (unpaired) electrons. The minimum atomic E-state index is -0.351. The summed E-state index contributed by atoms with van der Waals surface area (Å²) in [6.45, 7) is 0. The predicted molar refractivity (Wildman–Crippen MR) is 70.8 cm³/mol. The van der Waals surface area contributed by atoms with Gasteiger partial charge in [0.05, 0.1) is 31.9 Å². The number of ether oxygens (including phenoxy) is 1. The number of nitrogens with zero attached hydrogens (tertiary/aromatic N) is 1. The zero-order valence-corrected chi connectivity index (χ0v) is 11.5. The van der Waals surface area contributed by atoms with Crippen molar-refractivity contribution in [2.45, 2.75) is 6.42 Å². The first kappa shape index (κ1) is 15.0. The number of hydrogen-bond donors (Lipinski definition) is 1. The van der Waals surface area contributed by atoms with Crippen LogP contribution in [0.2, 0.25) is 0 Å². The fraction of sp³-hybridized carbons (Fsp3) is 0.385. The van der Waals surface area contributed by atoms with E-state index in [1.165, 1.54) is 19.1 Å². The third-order valence-corrected chi connectivity index (χ3v) is 2.51. The highest BCUT2D eigenvalue weighted by molar-refractivity contribution is 5.99. The monoisotopic (exact) mass is 266 g/mol. The Bertz CT molecular complexity index is 472. The van der Waals surface area contributed by atoms with Gasteiger partial charge in [-0.2, -0.15) is 0 Å². The second-order valence-corrected chi connectivity index (χ2v) is 4.14. The van der Waals surface area contributed by atoms with Crippen molar-refractivity contribution in [3.8, 4) is 0 Å². The van der Waals surface area contributed by atoms with E-state index in [4.69, 9.17) is 4.84 Å². The number of methoxy groups -OCH3 is 1. The van der Waals surface area contributed by atoms with E-state index in [1.807, 2.05) is 0 Å². The number of rotatable bonds is 5. The van der Waals surface area contributed by atoms with Gasteiger partial charge in [-0.15, -0.1) is 0 Å². The van der Waals surface area contributed by atoms with Crippen molar-refractivity contribution in [2.75, 3.05) is 33.8 Å². The Morgan fingerprint density at radius 1 is 1.26 bits per heavy atom. The lowest BCUT2D eigenvalue weighted by Crippen LogP contribution is -2.23. The van der Waals surface area contributed by atoms with Crippen LogP contribution in [0.4, 0.5) is 5.69 Å². The fourth-order valence-electron chi connectivity index (χ4n) is 1.56. The topological polar surface area (TPSA) is 67.9 Å². The first-order valence-corrected chi connectivity index (χ1v) is 5.70. The fourth-order valence-corrected chi connectivity index (χ4v) is 1.56. The van der Waals surface area contributed by atoms with Gasteiger partial charge in [0.25, 0.3) is 5.91 Å². The Labute approximate surface area is 112 Å². The van der Waals surface area contributed by atoms with Gasteiger partial charge in [0.1, 0.15) is 0 Å². The average molecular weight is 266 g/mol. The van der Waals surface area contributed by atoms with Gasteiger partial charge in [0, 0.05) is 14.1 Å². The molecule has 0 heterocycles. The molecule has 1 rings (SSSR count). The van der Waals surface area contributed by atoms with E-state index >= 15 is 0 Å². The standard InChI is InChI=1S/C13H18N2O4/c1-15(2)13(17)10-7-9(8-12(16)18-3)5-6-11(10)14-19-4/h5-7,14H,8H2,1-4H3. The quantitative estimate of drug-likeness (QED) is 0.638. The molecule has 0 saturated heterocycles. The molecule has 1 aromatic carbocycles. The summed E-state index contributed by atoms with van der Waals surface area (Å²) in [6, 6.07) is 5.09. The van der Waals surface area contributed by atoms with Gasteiger partial charge >= 0.3 is 5.97 Å². The third kappa shape index (κ3) is 3.96. The summed E-state index contributed by atoms with van der Waals surface area (Å²) in [5, 5.41) is 0. The molecule has 0 unspecified atom stereocenters. The summed E-state index contributed by atoms with van der Waals surface area (Å²) in [5.74, 6) is -0.526. The Hall–Kier alpha value is -2.08. The summed E-state index contributed by atoms with van der Waals surface area (Å²) in [4.78, 5) is 29.6. The summed E-state index contributed by atoms with van der Waals surface area (Å²) in [7, 11) is 6.11. The molecule has 0 aliphatic carbocycles. The van der Waals surface area contributed by atoms with E-state index in [2.05, 4.69) is 10.2 Å². The zero-order chi connectivity index (χ0) is 14.4. The highest BCUT2D eigenvalue weighted by Gasteiger charge is 2.15. The molecule has 19 heavy (non-hydrogen) atoms. The van der Waals surface area contributed by atoms with Crippen LogP contribution < -0.4 is 5.48 Å². The van der Waals surface area contributed by atoms with Crippen LogP contribution in [0.5, 0.6) is 0 Å². The van der Waals surface area contributed by atoms with Crippen LogP contribution in [0.15, 0.2) is 18.2 Å². The van der Waals surface area contributed by atoms with Gasteiger partial charge in [-0.25, -0.2) is 0 Å². The number of amides is 1. The molecule has 0 spiro atoms. The molecule has 1 amide bonds. The highest BCUT2D eigenvalue weighted by atomic mass is 16.6. The lowest BCUT2D eigenvalue weighted by atomic mass is 10.1. The number of nitrogens with one attached hydrogen (secondary N) is 1. The van der Waals surface area contributed by atoms with E-state index in [0.717, 1.165) is 0 Å². The molecule has 0 fully saturated rings. The molecule has 6 nitrogen and oxygen atoms in total. The third-order valence-electron chi connectivity index (χ3n) is 2.51. The summed E-state index contributed by atoms with van der Waals surface area (Å²) in [6.07, 6.45) is 0.122. The smallest absolute Gasteiger partial charge is 0.309 e. The second kappa shape index (κ2) is 6.75. The Kier molecular flexibility index (Phi) is 5.32. The SMILES string of the molecule is CONc1ccc(CC(=O)OC)cc1C(=O)N(C)C. The number of esters is 1. The van der Waals surface area contributed by atoms with E-state index < -0.39 is 0 Å². The van der Waals surface area contributed by atoms with Gasteiger partial charge in [-0.3, -0.25) is 19.9 Å². The number of carbonyl (C=O) groups is 2. The molecule has 1 N–H and O–H groups in total. The number of benzene rings is 1. The summed E-state index contributed by atoms with van der Waals surface area (Å²) >= 11 is 0. The van der Waals surface area contributed by atoms with Crippen molar-refractivity contribution >= 4 is 17.6 Å². The van der Waals surface area contributed by atoms with E-state index in [0.29, 0.717) is 16.8 Å². The molecule has 1 aromatic rings. The second-order valence-electron chi connectivity index (χ2n) is 4.14. The van der Waals surface area contributed by atoms with Gasteiger partial charge in [-0.1, -0.05) is 6.07 Å². The molecule has 0 saturated carbocycles. The van der Waals surface area contributed by atoms with Crippen LogP contribution in [0, 0.1) is 0 Å². The lowest BCUT2D eigenvalue weighted by molar-refractivity contribution is -0.139. The van der Waals surface area contributed by atoms with E-state index in [1.54, 1.807) is 32.3 Å². The normalized spacial score (nSPS) is 9.89.